The molecule has 25 heavy (non-hydrogen) atoms. The van der Waals surface area contributed by atoms with Crippen LogP contribution in [0, 0.1) is 0 Å². The van der Waals surface area contributed by atoms with Gasteiger partial charge in [0.15, 0.2) is 5.13 Å². The van der Waals surface area contributed by atoms with Crippen LogP contribution in [0.4, 0.5) is 5.13 Å². The van der Waals surface area contributed by atoms with Crippen molar-refractivity contribution in [3.8, 4) is 0 Å². The number of hydrogen-bond donors (Lipinski definition) is 2. The number of hydrogen-bond acceptors (Lipinski definition) is 5. The highest BCUT2D eigenvalue weighted by Gasteiger charge is 2.32. The van der Waals surface area contributed by atoms with E-state index >= 15 is 0 Å². The molecule has 0 spiro atoms. The van der Waals surface area contributed by atoms with Crippen molar-refractivity contribution in [1.29, 1.82) is 0 Å². The predicted molar refractivity (Wildman–Crippen MR) is 101 cm³/mol. The first-order valence-corrected chi connectivity index (χ1v) is 9.82. The van der Waals surface area contributed by atoms with E-state index in [1.165, 1.54) is 0 Å². The average molecular weight is 383 g/mol. The van der Waals surface area contributed by atoms with Crippen LogP contribution in [-0.2, 0) is 11.2 Å². The van der Waals surface area contributed by atoms with Crippen molar-refractivity contribution in [2.75, 3.05) is 24.6 Å². The number of H-pyrrole nitrogens is 1. The Hall–Kier alpha value is -1.57. The van der Waals surface area contributed by atoms with E-state index in [2.05, 4.69) is 20.2 Å². The van der Waals surface area contributed by atoms with Gasteiger partial charge in [-0.1, -0.05) is 18.5 Å². The van der Waals surface area contributed by atoms with Crippen molar-refractivity contribution >= 4 is 34.0 Å². The van der Waals surface area contributed by atoms with Gasteiger partial charge in [0.2, 0.25) is 0 Å². The summed E-state index contributed by atoms with van der Waals surface area (Å²) < 4.78 is 5.89. The number of carbonyl (C=O) groups excluding carboxylic acids is 1. The Labute approximate surface area is 156 Å². The van der Waals surface area contributed by atoms with Crippen LogP contribution in [0.1, 0.15) is 36.5 Å². The summed E-state index contributed by atoms with van der Waals surface area (Å²) in [6.45, 7) is 6.14. The number of amides is 1. The van der Waals surface area contributed by atoms with Gasteiger partial charge in [0.25, 0.3) is 5.91 Å². The number of nitrogens with zero attached hydrogens (tertiary/aromatic N) is 2. The lowest BCUT2D eigenvalue weighted by atomic mass is 10.0. The third-order valence-corrected chi connectivity index (χ3v) is 5.56. The van der Waals surface area contributed by atoms with Crippen LogP contribution in [0.5, 0.6) is 0 Å². The van der Waals surface area contributed by atoms with Crippen LogP contribution in [-0.4, -0.2) is 47.7 Å². The summed E-state index contributed by atoms with van der Waals surface area (Å²) in [5.74, 6) is -0.140. The zero-order chi connectivity index (χ0) is 17.8. The Morgan fingerprint density at radius 1 is 1.56 bits per heavy atom. The van der Waals surface area contributed by atoms with Gasteiger partial charge in [-0.15, -0.1) is 11.3 Å². The smallest absolute Gasteiger partial charge is 0.268 e. The van der Waals surface area contributed by atoms with Gasteiger partial charge in [0.05, 0.1) is 17.2 Å². The first-order valence-electron chi connectivity index (χ1n) is 8.56. The zero-order valence-electron chi connectivity index (χ0n) is 14.4. The molecule has 0 aliphatic carbocycles. The molecule has 2 N–H and O–H groups in total. The third kappa shape index (κ3) is 4.16. The van der Waals surface area contributed by atoms with Crippen LogP contribution >= 0.6 is 22.9 Å². The predicted octanol–water partition coefficient (Wildman–Crippen LogP) is 3.10. The van der Waals surface area contributed by atoms with Crippen LogP contribution in [0.25, 0.3) is 0 Å². The molecule has 2 aromatic heterocycles. The summed E-state index contributed by atoms with van der Waals surface area (Å²) in [5, 5.41) is 6.68. The summed E-state index contributed by atoms with van der Waals surface area (Å²) in [7, 11) is 0. The SMILES string of the molecule is CCO[C@H]1CN(c2nccs2)CC[C@H]1NC(=O)c1cc(Cl)c(CC)[nH]1. The molecule has 8 heteroatoms. The molecular formula is C17H23ClN4O2S. The standard InChI is InChI=1S/C17H23ClN4O2S/c1-3-12-11(18)9-14(20-12)16(23)21-13-5-7-22(10-15(13)24-4-2)17-19-6-8-25-17/h6,8-9,13,15,20H,3-5,7,10H2,1-2H3,(H,21,23)/t13-,15+/m1/s1. The summed E-state index contributed by atoms with van der Waals surface area (Å²) in [5.41, 5.74) is 1.38. The highest BCUT2D eigenvalue weighted by molar-refractivity contribution is 7.13. The highest BCUT2D eigenvalue weighted by Crippen LogP contribution is 2.24. The van der Waals surface area contributed by atoms with E-state index in [0.717, 1.165) is 36.8 Å². The lowest BCUT2D eigenvalue weighted by Crippen LogP contribution is -2.55. The summed E-state index contributed by atoms with van der Waals surface area (Å²) in [6.07, 6.45) is 3.32. The topological polar surface area (TPSA) is 70.2 Å². The Morgan fingerprint density at radius 3 is 3.04 bits per heavy atom. The van der Waals surface area contributed by atoms with E-state index in [1.807, 2.05) is 25.4 Å². The molecule has 1 aliphatic heterocycles. The maximum Gasteiger partial charge on any atom is 0.268 e. The average Bonchev–Trinajstić information content (AvgIpc) is 3.26. The quantitative estimate of drug-likeness (QED) is 0.805. The lowest BCUT2D eigenvalue weighted by Gasteiger charge is -2.38. The second-order valence-electron chi connectivity index (χ2n) is 5.99. The third-order valence-electron chi connectivity index (χ3n) is 4.39. The van der Waals surface area contributed by atoms with Crippen molar-refractivity contribution in [3.63, 3.8) is 0 Å². The van der Waals surface area contributed by atoms with Gasteiger partial charge < -0.3 is 19.9 Å². The molecule has 0 aromatic carbocycles. The summed E-state index contributed by atoms with van der Waals surface area (Å²) in [6, 6.07) is 1.66. The second-order valence-corrected chi connectivity index (χ2v) is 7.27. The molecule has 3 rings (SSSR count). The van der Waals surface area contributed by atoms with E-state index in [4.69, 9.17) is 16.3 Å². The molecule has 2 aromatic rings. The molecule has 0 bridgehead atoms. The van der Waals surface area contributed by atoms with E-state index in [-0.39, 0.29) is 18.1 Å². The Balaban J connectivity index is 1.67. The Kier molecular flexibility index (Phi) is 5.98. The molecular weight excluding hydrogens is 360 g/mol. The molecule has 1 amide bonds. The minimum atomic E-state index is -0.140. The molecule has 3 heterocycles. The minimum absolute atomic E-state index is 0.0317. The molecule has 2 atom stereocenters. The number of aromatic nitrogens is 2. The van der Waals surface area contributed by atoms with Gasteiger partial charge in [-0.05, 0) is 25.8 Å². The van der Waals surface area contributed by atoms with Gasteiger partial charge in [-0.2, -0.15) is 0 Å². The number of anilines is 1. The molecule has 136 valence electrons. The van der Waals surface area contributed by atoms with Crippen LogP contribution < -0.4 is 10.2 Å². The first-order chi connectivity index (χ1) is 12.1. The molecule has 6 nitrogen and oxygen atoms in total. The largest absolute Gasteiger partial charge is 0.375 e. The maximum absolute atomic E-state index is 12.6. The lowest BCUT2D eigenvalue weighted by molar-refractivity contribution is 0.0272. The van der Waals surface area contributed by atoms with Gasteiger partial charge in [-0.25, -0.2) is 4.98 Å². The number of aryl methyl sites for hydroxylation is 1. The molecule has 1 aliphatic rings. The van der Waals surface area contributed by atoms with Crippen molar-refractivity contribution in [1.82, 2.24) is 15.3 Å². The minimum Gasteiger partial charge on any atom is -0.375 e. The fourth-order valence-corrected chi connectivity index (χ4v) is 4.08. The zero-order valence-corrected chi connectivity index (χ0v) is 16.0. The Morgan fingerprint density at radius 2 is 2.40 bits per heavy atom. The van der Waals surface area contributed by atoms with Gasteiger partial charge in [0, 0.05) is 37.0 Å². The first kappa shape index (κ1) is 18.2. The van der Waals surface area contributed by atoms with E-state index < -0.39 is 0 Å². The van der Waals surface area contributed by atoms with Crippen molar-refractivity contribution in [3.05, 3.63) is 34.1 Å². The fraction of sp³-hybridized carbons (Fsp3) is 0.529. The van der Waals surface area contributed by atoms with E-state index in [0.29, 0.717) is 17.3 Å². The summed E-state index contributed by atoms with van der Waals surface area (Å²) >= 11 is 7.76. The van der Waals surface area contributed by atoms with Gasteiger partial charge >= 0.3 is 0 Å². The maximum atomic E-state index is 12.6. The van der Waals surface area contributed by atoms with E-state index in [9.17, 15) is 4.79 Å². The molecule has 0 unspecified atom stereocenters. The van der Waals surface area contributed by atoms with Gasteiger partial charge in [-0.3, -0.25) is 4.79 Å². The van der Waals surface area contributed by atoms with Crippen molar-refractivity contribution < 1.29 is 9.53 Å². The molecule has 1 fully saturated rings. The van der Waals surface area contributed by atoms with Crippen LogP contribution in [0.3, 0.4) is 0 Å². The Bertz CT molecular complexity index is 704. The number of aromatic amines is 1. The van der Waals surface area contributed by atoms with Crippen molar-refractivity contribution in [2.45, 2.75) is 38.8 Å². The number of ether oxygens (including phenoxy) is 1. The fourth-order valence-electron chi connectivity index (χ4n) is 3.11. The normalized spacial score (nSPS) is 20.7. The number of piperidine rings is 1. The van der Waals surface area contributed by atoms with Crippen LogP contribution in [0.15, 0.2) is 17.6 Å². The highest BCUT2D eigenvalue weighted by atomic mass is 35.5. The number of thiazole rings is 1. The monoisotopic (exact) mass is 382 g/mol. The van der Waals surface area contributed by atoms with E-state index in [1.54, 1.807) is 17.4 Å². The number of halogens is 1. The number of carbonyl (C=O) groups is 1. The number of nitrogens with one attached hydrogen (secondary N) is 2. The molecule has 0 saturated carbocycles. The number of rotatable bonds is 6. The van der Waals surface area contributed by atoms with Gasteiger partial charge in [0.1, 0.15) is 5.69 Å². The summed E-state index contributed by atoms with van der Waals surface area (Å²) in [4.78, 5) is 22.3. The molecule has 0 radical (unpaired) electrons. The van der Waals surface area contributed by atoms with Crippen molar-refractivity contribution in [2.24, 2.45) is 0 Å². The second kappa shape index (κ2) is 8.21. The van der Waals surface area contributed by atoms with Crippen LogP contribution in [0.2, 0.25) is 5.02 Å². The molecule has 1 saturated heterocycles.